The third kappa shape index (κ3) is 1.49. The smallest absolute Gasteiger partial charge is 0.355 e. The molecule has 0 fully saturated rings. The number of aromatic nitrogens is 2. The molecule has 0 saturated heterocycles. The molecule has 0 spiro atoms. The van der Waals surface area contributed by atoms with Crippen molar-refractivity contribution in [1.29, 1.82) is 0 Å². The van der Waals surface area contributed by atoms with Gasteiger partial charge in [0.1, 0.15) is 0 Å². The Morgan fingerprint density at radius 3 is 2.64 bits per heavy atom. The maximum atomic E-state index is 10.5. The molecule has 1 aliphatic rings. The minimum absolute atomic E-state index is 0.0672. The maximum absolute atomic E-state index is 10.5. The second-order valence-corrected chi connectivity index (χ2v) is 2.58. The van der Waals surface area contributed by atoms with Crippen molar-refractivity contribution in [2.24, 2.45) is 9.98 Å². The Kier molecular flexibility index (Phi) is 2.02. The van der Waals surface area contributed by atoms with Gasteiger partial charge in [-0.25, -0.2) is 19.8 Å². The second-order valence-electron chi connectivity index (χ2n) is 2.58. The molecule has 0 aliphatic carbocycles. The summed E-state index contributed by atoms with van der Waals surface area (Å²) >= 11 is 0. The molecule has 0 saturated carbocycles. The zero-order valence-corrected chi connectivity index (χ0v) is 7.03. The molecule has 1 unspecified atom stereocenters. The average molecular weight is 190 g/mol. The van der Waals surface area contributed by atoms with Gasteiger partial charge in [-0.3, -0.25) is 4.99 Å². The van der Waals surface area contributed by atoms with Crippen molar-refractivity contribution in [3.8, 4) is 0 Å². The molecule has 0 radical (unpaired) electrons. The van der Waals surface area contributed by atoms with Crippen LogP contribution in [-0.2, 0) is 4.79 Å². The van der Waals surface area contributed by atoms with Crippen molar-refractivity contribution >= 4 is 17.9 Å². The molecule has 2 rings (SSSR count). The summed E-state index contributed by atoms with van der Waals surface area (Å²) in [6.07, 6.45) is 3.73. The van der Waals surface area contributed by atoms with Gasteiger partial charge >= 0.3 is 5.97 Å². The summed E-state index contributed by atoms with van der Waals surface area (Å²) in [6.45, 7) is 0. The third-order valence-electron chi connectivity index (χ3n) is 1.64. The zero-order valence-electron chi connectivity index (χ0n) is 7.03. The number of nitrogens with zero attached hydrogens (tertiary/aromatic N) is 4. The molecule has 1 N–H and O–H groups in total. The van der Waals surface area contributed by atoms with Crippen LogP contribution in [-0.4, -0.2) is 33.0 Å². The summed E-state index contributed by atoms with van der Waals surface area (Å²) in [5.74, 6) is -0.688. The number of carbonyl (C=O) groups is 1. The number of carboxylic acid groups (broad SMARTS) is 1. The van der Waals surface area contributed by atoms with Crippen LogP contribution in [0.4, 0.5) is 0 Å². The summed E-state index contributed by atoms with van der Waals surface area (Å²) in [6, 6.07) is 1.67. The Morgan fingerprint density at radius 2 is 2.07 bits per heavy atom. The SMILES string of the molecule is O=C(O)C1=NC(c2ncccn2)N=C1. The van der Waals surface area contributed by atoms with E-state index < -0.39 is 12.1 Å². The van der Waals surface area contributed by atoms with Gasteiger partial charge in [0.15, 0.2) is 17.7 Å². The molecular weight excluding hydrogens is 184 g/mol. The predicted molar refractivity (Wildman–Crippen MR) is 48.3 cm³/mol. The average Bonchev–Trinajstić information content (AvgIpc) is 2.68. The molecular formula is C8H6N4O2. The second kappa shape index (κ2) is 3.33. The first-order chi connectivity index (χ1) is 6.77. The largest absolute Gasteiger partial charge is 0.476 e. The van der Waals surface area contributed by atoms with Crippen LogP contribution in [0.25, 0.3) is 0 Å². The molecule has 1 atom stereocenters. The monoisotopic (exact) mass is 190 g/mol. The summed E-state index contributed by atoms with van der Waals surface area (Å²) in [4.78, 5) is 26.1. The Hall–Kier alpha value is -2.11. The molecule has 1 aromatic heterocycles. The standard InChI is InChI=1S/C8H6N4O2/c13-8(14)5-4-11-7(12-5)6-9-2-1-3-10-6/h1-4,7H,(H,13,14). The zero-order chi connectivity index (χ0) is 9.97. The Labute approximate surface area is 79.1 Å². The van der Waals surface area contributed by atoms with E-state index in [-0.39, 0.29) is 5.71 Å². The Balaban J connectivity index is 2.26. The van der Waals surface area contributed by atoms with E-state index in [4.69, 9.17) is 5.11 Å². The van der Waals surface area contributed by atoms with E-state index in [1.165, 1.54) is 6.21 Å². The summed E-state index contributed by atoms with van der Waals surface area (Å²) in [7, 11) is 0. The van der Waals surface area contributed by atoms with Gasteiger partial charge in [-0.15, -0.1) is 0 Å². The van der Waals surface area contributed by atoms with Crippen molar-refractivity contribution in [1.82, 2.24) is 9.97 Å². The first kappa shape index (κ1) is 8.49. The number of hydrogen-bond acceptors (Lipinski definition) is 5. The lowest BCUT2D eigenvalue weighted by Crippen LogP contribution is -2.11. The van der Waals surface area contributed by atoms with Gasteiger partial charge in [0.05, 0.1) is 6.21 Å². The topological polar surface area (TPSA) is 87.8 Å². The van der Waals surface area contributed by atoms with Gasteiger partial charge in [-0.05, 0) is 6.07 Å². The van der Waals surface area contributed by atoms with Crippen LogP contribution in [0.3, 0.4) is 0 Å². The highest BCUT2D eigenvalue weighted by atomic mass is 16.4. The number of carboxylic acids is 1. The summed E-state index contributed by atoms with van der Waals surface area (Å²) in [5, 5.41) is 8.62. The van der Waals surface area contributed by atoms with Gasteiger partial charge in [-0.1, -0.05) is 0 Å². The van der Waals surface area contributed by atoms with E-state index in [9.17, 15) is 4.79 Å². The Bertz CT molecular complexity index is 413. The maximum Gasteiger partial charge on any atom is 0.355 e. The van der Waals surface area contributed by atoms with E-state index in [2.05, 4.69) is 20.0 Å². The fourth-order valence-electron chi connectivity index (χ4n) is 1.02. The first-order valence-electron chi connectivity index (χ1n) is 3.88. The highest BCUT2D eigenvalue weighted by Gasteiger charge is 2.20. The molecule has 0 aromatic carbocycles. The van der Waals surface area contributed by atoms with E-state index in [0.29, 0.717) is 5.82 Å². The highest BCUT2D eigenvalue weighted by molar-refractivity contribution is 6.59. The van der Waals surface area contributed by atoms with Gasteiger partial charge in [-0.2, -0.15) is 0 Å². The predicted octanol–water partition coefficient (Wildman–Crippen LogP) is 0.0852. The lowest BCUT2D eigenvalue weighted by molar-refractivity contribution is -0.129. The summed E-state index contributed by atoms with van der Waals surface area (Å²) in [5.41, 5.74) is -0.0672. The van der Waals surface area contributed by atoms with Gasteiger partial charge in [0.25, 0.3) is 0 Å². The van der Waals surface area contributed by atoms with Crippen LogP contribution in [0.15, 0.2) is 28.4 Å². The Morgan fingerprint density at radius 1 is 1.36 bits per heavy atom. The number of aliphatic carboxylic acids is 1. The fraction of sp³-hybridized carbons (Fsp3) is 0.125. The number of hydrogen-bond donors (Lipinski definition) is 1. The van der Waals surface area contributed by atoms with Crippen molar-refractivity contribution in [2.75, 3.05) is 0 Å². The normalized spacial score (nSPS) is 19.4. The van der Waals surface area contributed by atoms with E-state index in [1.54, 1.807) is 18.5 Å². The van der Waals surface area contributed by atoms with Crippen LogP contribution in [0, 0.1) is 0 Å². The van der Waals surface area contributed by atoms with E-state index >= 15 is 0 Å². The highest BCUT2D eigenvalue weighted by Crippen LogP contribution is 2.17. The van der Waals surface area contributed by atoms with Gasteiger partial charge in [0, 0.05) is 12.4 Å². The molecule has 0 bridgehead atoms. The molecule has 0 amide bonds. The van der Waals surface area contributed by atoms with Crippen molar-refractivity contribution in [2.45, 2.75) is 6.17 Å². The van der Waals surface area contributed by atoms with E-state index in [0.717, 1.165) is 0 Å². The van der Waals surface area contributed by atoms with Crippen LogP contribution >= 0.6 is 0 Å². The van der Waals surface area contributed by atoms with Crippen LogP contribution in [0.1, 0.15) is 12.0 Å². The number of aliphatic imine (C=N–C) groups is 2. The lowest BCUT2D eigenvalue weighted by atomic mass is 10.4. The fourth-order valence-corrected chi connectivity index (χ4v) is 1.02. The number of rotatable bonds is 2. The molecule has 14 heavy (non-hydrogen) atoms. The molecule has 1 aliphatic heterocycles. The van der Waals surface area contributed by atoms with Crippen LogP contribution in [0.5, 0.6) is 0 Å². The molecule has 6 nitrogen and oxygen atoms in total. The van der Waals surface area contributed by atoms with Crippen LogP contribution < -0.4 is 0 Å². The molecule has 6 heteroatoms. The summed E-state index contributed by atoms with van der Waals surface area (Å²) < 4.78 is 0. The molecule has 2 heterocycles. The van der Waals surface area contributed by atoms with Crippen molar-refractivity contribution in [3.63, 3.8) is 0 Å². The molecule has 1 aromatic rings. The quantitative estimate of drug-likeness (QED) is 0.715. The van der Waals surface area contributed by atoms with Crippen molar-refractivity contribution in [3.05, 3.63) is 24.3 Å². The van der Waals surface area contributed by atoms with E-state index in [1.807, 2.05) is 0 Å². The minimum atomic E-state index is -1.09. The molecule has 70 valence electrons. The third-order valence-corrected chi connectivity index (χ3v) is 1.64. The van der Waals surface area contributed by atoms with Crippen LogP contribution in [0.2, 0.25) is 0 Å². The van der Waals surface area contributed by atoms with Gasteiger partial charge in [0.2, 0.25) is 0 Å². The lowest BCUT2D eigenvalue weighted by Gasteiger charge is -1.99. The van der Waals surface area contributed by atoms with Crippen molar-refractivity contribution < 1.29 is 9.90 Å². The minimum Gasteiger partial charge on any atom is -0.476 e. The van der Waals surface area contributed by atoms with Gasteiger partial charge < -0.3 is 5.11 Å². The first-order valence-corrected chi connectivity index (χ1v) is 3.88.